The van der Waals surface area contributed by atoms with Gasteiger partial charge < -0.3 is 15.7 Å². The number of likely N-dealkylation sites (tertiary alicyclic amines) is 1. The fourth-order valence-corrected chi connectivity index (χ4v) is 2.80. The Labute approximate surface area is 114 Å². The van der Waals surface area contributed by atoms with E-state index in [1.807, 2.05) is 20.8 Å². The monoisotopic (exact) mass is 268 g/mol. The zero-order chi connectivity index (χ0) is 14.4. The number of hydrogen-bond donors (Lipinski definition) is 2. The van der Waals surface area contributed by atoms with Crippen LogP contribution in [0.3, 0.4) is 0 Å². The van der Waals surface area contributed by atoms with Crippen LogP contribution < -0.4 is 5.73 Å². The van der Waals surface area contributed by atoms with Gasteiger partial charge in [0.2, 0.25) is 5.91 Å². The number of carbonyl (C=O) groups is 2. The molecule has 1 heterocycles. The molecule has 2 fully saturated rings. The smallest absolute Gasteiger partial charge is 0.326 e. The lowest BCUT2D eigenvalue weighted by molar-refractivity contribution is -0.155. The van der Waals surface area contributed by atoms with Crippen molar-refractivity contribution < 1.29 is 14.7 Å². The van der Waals surface area contributed by atoms with E-state index in [-0.39, 0.29) is 16.7 Å². The Morgan fingerprint density at radius 2 is 1.89 bits per heavy atom. The molecule has 2 rings (SSSR count). The topological polar surface area (TPSA) is 83.6 Å². The van der Waals surface area contributed by atoms with Gasteiger partial charge in [-0.25, -0.2) is 4.79 Å². The fraction of sp³-hybridized carbons (Fsp3) is 0.857. The molecule has 0 aromatic rings. The van der Waals surface area contributed by atoms with Crippen LogP contribution >= 0.6 is 0 Å². The van der Waals surface area contributed by atoms with E-state index in [1.165, 1.54) is 4.90 Å². The van der Waals surface area contributed by atoms with E-state index in [4.69, 9.17) is 5.73 Å². The molecule has 1 aliphatic carbocycles. The van der Waals surface area contributed by atoms with Gasteiger partial charge in [-0.3, -0.25) is 4.79 Å². The first-order chi connectivity index (χ1) is 8.66. The molecule has 0 radical (unpaired) electrons. The van der Waals surface area contributed by atoms with E-state index in [0.29, 0.717) is 13.0 Å². The third-order valence-electron chi connectivity index (χ3n) is 4.61. The zero-order valence-electron chi connectivity index (χ0n) is 12.0. The molecule has 0 aromatic carbocycles. The van der Waals surface area contributed by atoms with Crippen LogP contribution in [0.1, 0.15) is 46.5 Å². The van der Waals surface area contributed by atoms with Crippen LogP contribution in [0.5, 0.6) is 0 Å². The number of rotatable bonds is 2. The minimum atomic E-state index is -0.902. The van der Waals surface area contributed by atoms with Crippen molar-refractivity contribution in [1.29, 1.82) is 0 Å². The van der Waals surface area contributed by atoms with Gasteiger partial charge >= 0.3 is 5.97 Å². The zero-order valence-corrected chi connectivity index (χ0v) is 12.0. The van der Waals surface area contributed by atoms with Gasteiger partial charge in [-0.05, 0) is 36.5 Å². The van der Waals surface area contributed by atoms with E-state index >= 15 is 0 Å². The van der Waals surface area contributed by atoms with Gasteiger partial charge in [0.05, 0.1) is 6.04 Å². The third-order valence-corrected chi connectivity index (χ3v) is 4.61. The predicted octanol–water partition coefficient (Wildman–Crippen LogP) is 1.22. The second kappa shape index (κ2) is 4.47. The summed E-state index contributed by atoms with van der Waals surface area (Å²) in [5, 5.41) is 9.37. The van der Waals surface area contributed by atoms with Crippen molar-refractivity contribution in [2.75, 3.05) is 6.54 Å². The molecule has 2 atom stereocenters. The highest BCUT2D eigenvalue weighted by Crippen LogP contribution is 2.55. The first kappa shape index (κ1) is 14.3. The summed E-state index contributed by atoms with van der Waals surface area (Å²) in [5.74, 6) is -1.13. The summed E-state index contributed by atoms with van der Waals surface area (Å²) >= 11 is 0. The number of carboxylic acids is 1. The number of nitrogens with zero attached hydrogens (tertiary/aromatic N) is 1. The molecule has 1 aliphatic heterocycles. The Bertz CT molecular complexity index is 396. The van der Waals surface area contributed by atoms with E-state index in [0.717, 1.165) is 19.3 Å². The minimum absolute atomic E-state index is 0.200. The summed E-state index contributed by atoms with van der Waals surface area (Å²) in [4.78, 5) is 25.3. The Balaban J connectivity index is 2.13. The lowest BCUT2D eigenvalue weighted by Crippen LogP contribution is -2.58. The summed E-state index contributed by atoms with van der Waals surface area (Å²) in [7, 11) is 0. The molecular weight excluding hydrogens is 244 g/mol. The molecule has 0 unspecified atom stereocenters. The molecule has 2 aliphatic rings. The molecule has 1 amide bonds. The number of carbonyl (C=O) groups excluding carboxylic acids is 1. The lowest BCUT2D eigenvalue weighted by Gasteiger charge is -2.40. The summed E-state index contributed by atoms with van der Waals surface area (Å²) in [6.07, 6.45) is 3.71. The van der Waals surface area contributed by atoms with Crippen LogP contribution in [0, 0.1) is 10.8 Å². The second-order valence-corrected chi connectivity index (χ2v) is 7.18. The molecule has 1 spiro atoms. The SMILES string of the molecule is CC(C)(C)[C@H](N)C(=O)N1CCC2(CC2)C[C@H]1C(=O)O. The maximum Gasteiger partial charge on any atom is 0.326 e. The largest absolute Gasteiger partial charge is 0.480 e. The number of piperidine rings is 1. The molecule has 108 valence electrons. The quantitative estimate of drug-likeness (QED) is 0.788. The van der Waals surface area contributed by atoms with Crippen molar-refractivity contribution in [3.05, 3.63) is 0 Å². The van der Waals surface area contributed by atoms with E-state index in [1.54, 1.807) is 0 Å². The Hall–Kier alpha value is -1.10. The van der Waals surface area contributed by atoms with Crippen LogP contribution in [-0.4, -0.2) is 40.5 Å². The normalized spacial score (nSPS) is 27.2. The molecule has 5 heteroatoms. The van der Waals surface area contributed by atoms with E-state index in [2.05, 4.69) is 0 Å². The van der Waals surface area contributed by atoms with Crippen LogP contribution in [0.25, 0.3) is 0 Å². The highest BCUT2D eigenvalue weighted by Gasteiger charge is 2.51. The van der Waals surface area contributed by atoms with Crippen LogP contribution in [0.4, 0.5) is 0 Å². The summed E-state index contributed by atoms with van der Waals surface area (Å²) in [5.41, 5.74) is 5.83. The van der Waals surface area contributed by atoms with Gasteiger partial charge in [-0.15, -0.1) is 0 Å². The highest BCUT2D eigenvalue weighted by atomic mass is 16.4. The second-order valence-electron chi connectivity index (χ2n) is 7.18. The molecule has 1 saturated heterocycles. The first-order valence-corrected chi connectivity index (χ1v) is 6.95. The Morgan fingerprint density at radius 3 is 2.32 bits per heavy atom. The molecule has 3 N–H and O–H groups in total. The van der Waals surface area contributed by atoms with E-state index in [9.17, 15) is 14.7 Å². The van der Waals surface area contributed by atoms with Crippen molar-refractivity contribution in [2.45, 2.75) is 58.5 Å². The summed E-state index contributed by atoms with van der Waals surface area (Å²) < 4.78 is 0. The van der Waals surface area contributed by atoms with Gasteiger partial charge in [0, 0.05) is 6.54 Å². The van der Waals surface area contributed by atoms with Gasteiger partial charge in [-0.2, -0.15) is 0 Å². The molecule has 19 heavy (non-hydrogen) atoms. The van der Waals surface area contributed by atoms with E-state index < -0.39 is 18.1 Å². The number of carboxylic acid groups (broad SMARTS) is 1. The number of nitrogens with two attached hydrogens (primary N) is 1. The average molecular weight is 268 g/mol. The fourth-order valence-electron chi connectivity index (χ4n) is 2.80. The molecule has 5 nitrogen and oxygen atoms in total. The van der Waals surface area contributed by atoms with Crippen LogP contribution in [-0.2, 0) is 9.59 Å². The van der Waals surface area contributed by atoms with Gasteiger partial charge in [0.15, 0.2) is 0 Å². The molecule has 0 aromatic heterocycles. The van der Waals surface area contributed by atoms with Crippen molar-refractivity contribution in [3.8, 4) is 0 Å². The third kappa shape index (κ3) is 2.76. The molecule has 0 bridgehead atoms. The van der Waals surface area contributed by atoms with Crippen LogP contribution in [0.2, 0.25) is 0 Å². The van der Waals surface area contributed by atoms with Crippen LogP contribution in [0.15, 0.2) is 0 Å². The number of hydrogen-bond acceptors (Lipinski definition) is 3. The van der Waals surface area contributed by atoms with Gasteiger partial charge in [-0.1, -0.05) is 20.8 Å². The van der Waals surface area contributed by atoms with Crippen molar-refractivity contribution >= 4 is 11.9 Å². The molecular formula is C14H24N2O3. The Kier molecular flexibility index (Phi) is 3.37. The predicted molar refractivity (Wildman–Crippen MR) is 71.5 cm³/mol. The number of amides is 1. The summed E-state index contributed by atoms with van der Waals surface area (Å²) in [6, 6.07) is -1.35. The molecule has 1 saturated carbocycles. The van der Waals surface area contributed by atoms with Crippen molar-refractivity contribution in [3.63, 3.8) is 0 Å². The minimum Gasteiger partial charge on any atom is -0.480 e. The highest BCUT2D eigenvalue weighted by molar-refractivity contribution is 5.87. The van der Waals surface area contributed by atoms with Crippen molar-refractivity contribution in [2.24, 2.45) is 16.6 Å². The number of aliphatic carboxylic acids is 1. The average Bonchev–Trinajstić information content (AvgIpc) is 3.05. The first-order valence-electron chi connectivity index (χ1n) is 6.95. The van der Waals surface area contributed by atoms with Gasteiger partial charge in [0.25, 0.3) is 0 Å². The van der Waals surface area contributed by atoms with Gasteiger partial charge in [0.1, 0.15) is 6.04 Å². The maximum atomic E-state index is 12.4. The standard InChI is InChI=1S/C14H24N2O3/c1-13(2,3)10(15)11(17)16-7-6-14(4-5-14)8-9(16)12(18)19/h9-10H,4-8,15H2,1-3H3,(H,18,19)/t9-,10+/m0/s1. The lowest BCUT2D eigenvalue weighted by atomic mass is 9.83. The Morgan fingerprint density at radius 1 is 1.32 bits per heavy atom. The maximum absolute atomic E-state index is 12.4. The van der Waals surface area contributed by atoms with Crippen molar-refractivity contribution in [1.82, 2.24) is 4.90 Å². The summed E-state index contributed by atoms with van der Waals surface area (Å²) in [6.45, 7) is 6.23.